The lowest BCUT2D eigenvalue weighted by Gasteiger charge is -2.08. The SMILES string of the molecule is O=C(NCc1cccs1)c1cccnc1SCCCc1ccncc1. The number of carbonyl (C=O) groups is 1. The van der Waals surface area contributed by atoms with Gasteiger partial charge in [0.25, 0.3) is 5.91 Å². The number of hydrogen-bond donors (Lipinski definition) is 1. The number of aryl methyl sites for hydroxylation is 1. The molecule has 0 spiro atoms. The lowest BCUT2D eigenvalue weighted by Crippen LogP contribution is -2.23. The molecule has 0 aromatic carbocycles. The molecule has 3 rings (SSSR count). The molecule has 0 unspecified atom stereocenters. The van der Waals surface area contributed by atoms with E-state index in [9.17, 15) is 4.79 Å². The van der Waals surface area contributed by atoms with E-state index in [2.05, 4.69) is 15.3 Å². The Balaban J connectivity index is 1.52. The van der Waals surface area contributed by atoms with Gasteiger partial charge in [0.2, 0.25) is 0 Å². The fourth-order valence-corrected chi connectivity index (χ4v) is 3.93. The topological polar surface area (TPSA) is 54.9 Å². The van der Waals surface area contributed by atoms with Crippen molar-refractivity contribution >= 4 is 29.0 Å². The highest BCUT2D eigenvalue weighted by molar-refractivity contribution is 7.99. The van der Waals surface area contributed by atoms with Crippen LogP contribution >= 0.6 is 23.1 Å². The van der Waals surface area contributed by atoms with Crippen LogP contribution in [0.4, 0.5) is 0 Å². The van der Waals surface area contributed by atoms with Crippen LogP contribution in [0.3, 0.4) is 0 Å². The summed E-state index contributed by atoms with van der Waals surface area (Å²) >= 11 is 3.27. The van der Waals surface area contributed by atoms with Crippen LogP contribution in [-0.2, 0) is 13.0 Å². The van der Waals surface area contributed by atoms with Gasteiger partial charge in [-0.25, -0.2) is 4.98 Å². The van der Waals surface area contributed by atoms with Crippen molar-refractivity contribution in [3.05, 3.63) is 76.4 Å². The van der Waals surface area contributed by atoms with E-state index < -0.39 is 0 Å². The van der Waals surface area contributed by atoms with Crippen LogP contribution in [0.15, 0.2) is 65.4 Å². The second kappa shape index (κ2) is 9.34. The molecule has 0 atom stereocenters. The van der Waals surface area contributed by atoms with Crippen LogP contribution in [0.5, 0.6) is 0 Å². The molecule has 3 heterocycles. The van der Waals surface area contributed by atoms with Gasteiger partial charge in [-0.15, -0.1) is 23.1 Å². The van der Waals surface area contributed by atoms with E-state index >= 15 is 0 Å². The second-order valence-corrected chi connectivity index (χ2v) is 7.54. The molecule has 0 fully saturated rings. The number of nitrogens with zero attached hydrogens (tertiary/aromatic N) is 2. The van der Waals surface area contributed by atoms with E-state index in [1.54, 1.807) is 35.4 Å². The smallest absolute Gasteiger partial charge is 0.254 e. The zero-order valence-corrected chi connectivity index (χ0v) is 15.4. The van der Waals surface area contributed by atoms with E-state index in [-0.39, 0.29) is 5.91 Å². The minimum absolute atomic E-state index is 0.0712. The first-order chi connectivity index (χ1) is 12.3. The second-order valence-electron chi connectivity index (χ2n) is 5.43. The summed E-state index contributed by atoms with van der Waals surface area (Å²) < 4.78 is 0. The van der Waals surface area contributed by atoms with Crippen molar-refractivity contribution in [3.8, 4) is 0 Å². The van der Waals surface area contributed by atoms with Crippen molar-refractivity contribution in [1.29, 1.82) is 0 Å². The number of nitrogens with one attached hydrogen (secondary N) is 1. The number of hydrogen-bond acceptors (Lipinski definition) is 5. The molecule has 0 saturated carbocycles. The number of rotatable bonds is 8. The molecule has 0 aliphatic rings. The third kappa shape index (κ3) is 5.41. The van der Waals surface area contributed by atoms with E-state index in [0.29, 0.717) is 12.1 Å². The summed E-state index contributed by atoms with van der Waals surface area (Å²) in [5.74, 6) is 0.850. The minimum atomic E-state index is -0.0712. The van der Waals surface area contributed by atoms with Gasteiger partial charge in [-0.05, 0) is 59.9 Å². The van der Waals surface area contributed by atoms with Crippen molar-refractivity contribution in [2.45, 2.75) is 24.4 Å². The van der Waals surface area contributed by atoms with E-state index in [0.717, 1.165) is 28.5 Å². The number of thiophene rings is 1. The Morgan fingerprint density at radius 3 is 2.80 bits per heavy atom. The van der Waals surface area contributed by atoms with Crippen LogP contribution in [0.1, 0.15) is 27.2 Å². The molecule has 0 saturated heterocycles. The van der Waals surface area contributed by atoms with Crippen LogP contribution in [0, 0.1) is 0 Å². The van der Waals surface area contributed by atoms with Crippen molar-refractivity contribution in [2.75, 3.05) is 5.75 Å². The molecule has 1 amide bonds. The van der Waals surface area contributed by atoms with Crippen LogP contribution in [0.2, 0.25) is 0 Å². The quantitative estimate of drug-likeness (QED) is 0.478. The van der Waals surface area contributed by atoms with Gasteiger partial charge >= 0.3 is 0 Å². The van der Waals surface area contributed by atoms with Gasteiger partial charge in [0.15, 0.2) is 0 Å². The molecule has 1 N–H and O–H groups in total. The maximum atomic E-state index is 12.4. The Morgan fingerprint density at radius 1 is 1.12 bits per heavy atom. The Kier molecular flexibility index (Phi) is 6.59. The predicted octanol–water partition coefficient (Wildman–Crippen LogP) is 4.19. The molecule has 128 valence electrons. The third-order valence-electron chi connectivity index (χ3n) is 3.62. The first-order valence-electron chi connectivity index (χ1n) is 8.10. The van der Waals surface area contributed by atoms with Gasteiger partial charge in [-0.3, -0.25) is 9.78 Å². The Labute approximate surface area is 155 Å². The number of aromatic nitrogens is 2. The maximum Gasteiger partial charge on any atom is 0.254 e. The third-order valence-corrected chi connectivity index (χ3v) is 5.58. The summed E-state index contributed by atoms with van der Waals surface area (Å²) in [6.45, 7) is 0.553. The molecule has 6 heteroatoms. The first kappa shape index (κ1) is 17.6. The predicted molar refractivity (Wildman–Crippen MR) is 103 cm³/mol. The zero-order chi connectivity index (χ0) is 17.3. The highest BCUT2D eigenvalue weighted by Gasteiger charge is 2.12. The number of carbonyl (C=O) groups excluding carboxylic acids is 1. The summed E-state index contributed by atoms with van der Waals surface area (Å²) in [4.78, 5) is 22.0. The number of amides is 1. The van der Waals surface area contributed by atoms with Crippen molar-refractivity contribution in [3.63, 3.8) is 0 Å². The monoisotopic (exact) mass is 369 g/mol. The molecule has 3 aromatic heterocycles. The fraction of sp³-hybridized carbons (Fsp3) is 0.211. The largest absolute Gasteiger partial charge is 0.347 e. The molecule has 0 aliphatic carbocycles. The maximum absolute atomic E-state index is 12.4. The zero-order valence-electron chi connectivity index (χ0n) is 13.7. The average molecular weight is 370 g/mol. The lowest BCUT2D eigenvalue weighted by molar-refractivity contribution is 0.0947. The average Bonchev–Trinajstić information content (AvgIpc) is 3.18. The number of thioether (sulfide) groups is 1. The summed E-state index contributed by atoms with van der Waals surface area (Å²) in [5.41, 5.74) is 1.93. The van der Waals surface area contributed by atoms with Gasteiger partial charge in [-0.2, -0.15) is 0 Å². The molecule has 0 aliphatic heterocycles. The molecule has 0 bridgehead atoms. The van der Waals surface area contributed by atoms with Crippen molar-refractivity contribution in [2.24, 2.45) is 0 Å². The van der Waals surface area contributed by atoms with Crippen molar-refractivity contribution < 1.29 is 4.79 Å². The van der Waals surface area contributed by atoms with Crippen LogP contribution in [-0.4, -0.2) is 21.6 Å². The minimum Gasteiger partial charge on any atom is -0.347 e. The van der Waals surface area contributed by atoms with E-state index in [4.69, 9.17) is 0 Å². The number of pyridine rings is 2. The summed E-state index contributed by atoms with van der Waals surface area (Å²) in [6.07, 6.45) is 7.40. The molecule has 0 radical (unpaired) electrons. The Hall–Kier alpha value is -2.18. The van der Waals surface area contributed by atoms with Crippen LogP contribution in [0.25, 0.3) is 0 Å². The molecule has 25 heavy (non-hydrogen) atoms. The summed E-state index contributed by atoms with van der Waals surface area (Å²) in [7, 11) is 0. The lowest BCUT2D eigenvalue weighted by atomic mass is 10.2. The van der Waals surface area contributed by atoms with Crippen molar-refractivity contribution in [1.82, 2.24) is 15.3 Å². The van der Waals surface area contributed by atoms with E-state index in [1.165, 1.54) is 5.56 Å². The highest BCUT2D eigenvalue weighted by Crippen LogP contribution is 2.21. The van der Waals surface area contributed by atoms with Gasteiger partial charge < -0.3 is 5.32 Å². The highest BCUT2D eigenvalue weighted by atomic mass is 32.2. The van der Waals surface area contributed by atoms with E-state index in [1.807, 2.05) is 48.1 Å². The Bertz CT molecular complexity index is 791. The first-order valence-corrected chi connectivity index (χ1v) is 9.97. The standard InChI is InChI=1S/C19H19N3OS2/c23-18(22-14-16-5-3-12-24-16)17-6-1-9-21-19(17)25-13-2-4-15-7-10-20-11-8-15/h1,3,5-12H,2,4,13-14H2,(H,22,23). The summed E-state index contributed by atoms with van der Waals surface area (Å²) in [5, 5.41) is 5.77. The molecule has 4 nitrogen and oxygen atoms in total. The van der Waals surface area contributed by atoms with Gasteiger partial charge in [0.05, 0.1) is 12.1 Å². The van der Waals surface area contributed by atoms with Gasteiger partial charge in [0, 0.05) is 23.5 Å². The molecular formula is C19H19N3OS2. The summed E-state index contributed by atoms with van der Waals surface area (Å²) in [6, 6.07) is 11.7. The van der Waals surface area contributed by atoms with Gasteiger partial charge in [-0.1, -0.05) is 6.07 Å². The van der Waals surface area contributed by atoms with Gasteiger partial charge in [0.1, 0.15) is 5.03 Å². The van der Waals surface area contributed by atoms with Crippen LogP contribution < -0.4 is 5.32 Å². The molecule has 3 aromatic rings. The normalized spacial score (nSPS) is 10.6. The molecular weight excluding hydrogens is 350 g/mol. The fourth-order valence-electron chi connectivity index (χ4n) is 2.35. The Morgan fingerprint density at radius 2 is 2.00 bits per heavy atom.